The minimum atomic E-state index is -0.794. The van der Waals surface area contributed by atoms with Crippen molar-refractivity contribution in [3.63, 3.8) is 0 Å². The fraction of sp³-hybridized carbons (Fsp3) is 0.0435. The van der Waals surface area contributed by atoms with E-state index in [9.17, 15) is 19.7 Å². The number of rotatable bonds is 7. The number of ether oxygens (including phenoxy) is 1. The molecule has 0 radical (unpaired) electrons. The van der Waals surface area contributed by atoms with E-state index in [2.05, 4.69) is 10.1 Å². The number of nitrogens with zero attached hydrogens (tertiary/aromatic N) is 4. The van der Waals surface area contributed by atoms with Gasteiger partial charge in [-0.2, -0.15) is 9.78 Å². The zero-order chi connectivity index (χ0) is 23.4. The summed E-state index contributed by atoms with van der Waals surface area (Å²) in [5.74, 6) is -0.689. The molecule has 10 heteroatoms. The third-order valence-electron chi connectivity index (χ3n) is 4.68. The molecule has 10 nitrogen and oxygen atoms in total. The Morgan fingerprint density at radius 2 is 1.82 bits per heavy atom. The number of aromatic nitrogens is 2. The summed E-state index contributed by atoms with van der Waals surface area (Å²) in [5.41, 5.74) is 5.68. The second-order valence-corrected chi connectivity index (χ2v) is 6.89. The van der Waals surface area contributed by atoms with Crippen molar-refractivity contribution in [2.24, 2.45) is 10.8 Å². The predicted molar refractivity (Wildman–Crippen MR) is 122 cm³/mol. The molecule has 0 fully saturated rings. The normalized spacial score (nSPS) is 11.0. The highest BCUT2D eigenvalue weighted by molar-refractivity contribution is 5.87. The number of carbonyl (C=O) groups excluding carboxylic acids is 1. The molecular weight excluding hydrogens is 426 g/mol. The first kappa shape index (κ1) is 21.4. The largest absolute Gasteiger partial charge is 0.476 e. The molecule has 3 aromatic carbocycles. The molecule has 33 heavy (non-hydrogen) atoms. The average molecular weight is 443 g/mol. The van der Waals surface area contributed by atoms with Crippen molar-refractivity contribution >= 4 is 28.7 Å². The molecule has 0 saturated carbocycles. The number of primary amides is 1. The fourth-order valence-electron chi connectivity index (χ4n) is 3.21. The lowest BCUT2D eigenvalue weighted by molar-refractivity contribution is -0.385. The molecule has 1 amide bonds. The van der Waals surface area contributed by atoms with E-state index in [0.29, 0.717) is 22.3 Å². The molecule has 1 aromatic heterocycles. The standard InChI is InChI=1S/C23H17N5O5/c24-20(29)14-33-21-16(9-6-12-19(21)28(31)32)13-25-27-22(15-7-2-1-3-8-15)26-18-11-5-4-10-17(18)23(27)30/h1-13H,14H2,(H2,24,29). The first-order valence-corrected chi connectivity index (χ1v) is 9.76. The third-order valence-corrected chi connectivity index (χ3v) is 4.68. The van der Waals surface area contributed by atoms with Gasteiger partial charge in [-0.3, -0.25) is 19.7 Å². The molecule has 0 spiro atoms. The van der Waals surface area contributed by atoms with Gasteiger partial charge in [0.05, 0.1) is 22.0 Å². The lowest BCUT2D eigenvalue weighted by Crippen LogP contribution is -2.21. The maximum absolute atomic E-state index is 13.2. The third kappa shape index (κ3) is 4.44. The predicted octanol–water partition coefficient (Wildman–Crippen LogP) is 2.72. The summed E-state index contributed by atoms with van der Waals surface area (Å²) in [7, 11) is 0. The highest BCUT2D eigenvalue weighted by Crippen LogP contribution is 2.30. The summed E-state index contributed by atoms with van der Waals surface area (Å²) >= 11 is 0. The molecule has 0 unspecified atom stereocenters. The second kappa shape index (κ2) is 9.10. The summed E-state index contributed by atoms with van der Waals surface area (Å²) in [6.07, 6.45) is 1.24. The Bertz CT molecular complexity index is 1450. The van der Waals surface area contributed by atoms with Crippen molar-refractivity contribution in [3.05, 3.63) is 98.8 Å². The van der Waals surface area contributed by atoms with Gasteiger partial charge in [-0.05, 0) is 18.2 Å². The minimum Gasteiger partial charge on any atom is -0.476 e. The molecule has 0 saturated heterocycles. The van der Waals surface area contributed by atoms with Crippen LogP contribution in [0.25, 0.3) is 22.3 Å². The number of hydrogen-bond acceptors (Lipinski definition) is 7. The van der Waals surface area contributed by atoms with E-state index in [-0.39, 0.29) is 17.0 Å². The number of para-hydroxylation sites is 2. The Morgan fingerprint density at radius 3 is 2.55 bits per heavy atom. The maximum Gasteiger partial charge on any atom is 0.311 e. The number of benzene rings is 3. The lowest BCUT2D eigenvalue weighted by Gasteiger charge is -2.10. The highest BCUT2D eigenvalue weighted by Gasteiger charge is 2.19. The first-order valence-electron chi connectivity index (χ1n) is 9.76. The van der Waals surface area contributed by atoms with Gasteiger partial charge in [-0.1, -0.05) is 48.5 Å². The van der Waals surface area contributed by atoms with E-state index in [1.165, 1.54) is 24.4 Å². The molecule has 0 aliphatic carbocycles. The summed E-state index contributed by atoms with van der Waals surface area (Å²) in [4.78, 5) is 39.8. The van der Waals surface area contributed by atoms with Crippen molar-refractivity contribution in [3.8, 4) is 17.1 Å². The number of hydrogen-bond donors (Lipinski definition) is 1. The number of nitro groups is 1. The maximum atomic E-state index is 13.2. The van der Waals surface area contributed by atoms with Crippen LogP contribution in [0.3, 0.4) is 0 Å². The van der Waals surface area contributed by atoms with Gasteiger partial charge in [-0.25, -0.2) is 4.98 Å². The monoisotopic (exact) mass is 443 g/mol. The van der Waals surface area contributed by atoms with Crippen molar-refractivity contribution in [2.75, 3.05) is 6.61 Å². The summed E-state index contributed by atoms with van der Waals surface area (Å²) < 4.78 is 6.40. The summed E-state index contributed by atoms with van der Waals surface area (Å²) in [5, 5.41) is 16.1. The van der Waals surface area contributed by atoms with Crippen LogP contribution in [0.2, 0.25) is 0 Å². The van der Waals surface area contributed by atoms with Gasteiger partial charge in [0.1, 0.15) is 0 Å². The van der Waals surface area contributed by atoms with Crippen LogP contribution in [0.1, 0.15) is 5.56 Å². The van der Waals surface area contributed by atoms with Crippen LogP contribution in [-0.2, 0) is 4.79 Å². The zero-order valence-electron chi connectivity index (χ0n) is 17.1. The Labute approximate surface area is 186 Å². The molecular formula is C23H17N5O5. The van der Waals surface area contributed by atoms with Crippen LogP contribution in [0, 0.1) is 10.1 Å². The quantitative estimate of drug-likeness (QED) is 0.264. The number of fused-ring (bicyclic) bond motifs is 1. The van der Waals surface area contributed by atoms with Crippen molar-refractivity contribution in [1.82, 2.24) is 9.66 Å². The van der Waals surface area contributed by atoms with Gasteiger partial charge in [0.25, 0.3) is 11.5 Å². The number of carbonyl (C=O) groups is 1. The topological polar surface area (TPSA) is 143 Å². The molecule has 4 aromatic rings. The van der Waals surface area contributed by atoms with Crippen molar-refractivity contribution < 1.29 is 14.5 Å². The van der Waals surface area contributed by atoms with Crippen molar-refractivity contribution in [1.29, 1.82) is 0 Å². The van der Waals surface area contributed by atoms with Crippen molar-refractivity contribution in [2.45, 2.75) is 0 Å². The molecule has 0 aliphatic rings. The molecule has 4 rings (SSSR count). The summed E-state index contributed by atoms with van der Waals surface area (Å²) in [6.45, 7) is -0.557. The Kier molecular flexibility index (Phi) is 5.90. The highest BCUT2D eigenvalue weighted by atomic mass is 16.6. The molecule has 0 bridgehead atoms. The zero-order valence-corrected chi connectivity index (χ0v) is 17.1. The van der Waals surface area contributed by atoms with Crippen LogP contribution in [-0.4, -0.2) is 33.3 Å². The van der Waals surface area contributed by atoms with Gasteiger partial charge in [0, 0.05) is 17.2 Å². The van der Waals surface area contributed by atoms with E-state index in [0.717, 1.165) is 4.68 Å². The Morgan fingerprint density at radius 1 is 1.09 bits per heavy atom. The van der Waals surface area contributed by atoms with Gasteiger partial charge >= 0.3 is 5.69 Å². The SMILES string of the molecule is NC(=O)COc1c(C=Nn2c(-c3ccccc3)nc3ccccc3c2=O)cccc1[N+](=O)[O-]. The average Bonchev–Trinajstić information content (AvgIpc) is 2.82. The summed E-state index contributed by atoms with van der Waals surface area (Å²) in [6, 6.07) is 20.1. The smallest absolute Gasteiger partial charge is 0.311 e. The van der Waals surface area contributed by atoms with Gasteiger partial charge in [0.15, 0.2) is 12.4 Å². The van der Waals surface area contributed by atoms with Crippen LogP contribution in [0.4, 0.5) is 5.69 Å². The Hall–Kier alpha value is -4.86. The molecule has 0 aliphatic heterocycles. The first-order chi connectivity index (χ1) is 16.0. The van der Waals surface area contributed by atoms with Gasteiger partial charge < -0.3 is 10.5 Å². The van der Waals surface area contributed by atoms with Crippen LogP contribution < -0.4 is 16.0 Å². The van der Waals surface area contributed by atoms with Crippen LogP contribution >= 0.6 is 0 Å². The van der Waals surface area contributed by atoms with Gasteiger partial charge in [-0.15, -0.1) is 0 Å². The van der Waals surface area contributed by atoms with E-state index in [1.807, 2.05) is 6.07 Å². The van der Waals surface area contributed by atoms with E-state index in [4.69, 9.17) is 10.5 Å². The van der Waals surface area contributed by atoms with Crippen LogP contribution in [0.15, 0.2) is 82.7 Å². The van der Waals surface area contributed by atoms with Crippen LogP contribution in [0.5, 0.6) is 5.75 Å². The fourth-order valence-corrected chi connectivity index (χ4v) is 3.21. The van der Waals surface area contributed by atoms with E-state index >= 15 is 0 Å². The van der Waals surface area contributed by atoms with E-state index < -0.39 is 23.0 Å². The lowest BCUT2D eigenvalue weighted by atomic mass is 10.2. The Balaban J connectivity index is 1.89. The van der Waals surface area contributed by atoms with E-state index in [1.54, 1.807) is 48.5 Å². The molecule has 1 heterocycles. The number of nitro benzene ring substituents is 1. The number of amides is 1. The molecule has 164 valence electrons. The molecule has 2 N–H and O–H groups in total. The molecule has 0 atom stereocenters. The number of nitrogens with two attached hydrogens (primary N) is 1. The minimum absolute atomic E-state index is 0.185. The second-order valence-electron chi connectivity index (χ2n) is 6.89. The van der Waals surface area contributed by atoms with Gasteiger partial charge in [0.2, 0.25) is 5.75 Å².